The molecule has 0 aliphatic rings. The molecule has 0 heterocycles. The van der Waals surface area contributed by atoms with Gasteiger partial charge in [0.25, 0.3) is 0 Å². The van der Waals surface area contributed by atoms with E-state index in [-0.39, 0.29) is 0 Å². The van der Waals surface area contributed by atoms with E-state index in [4.69, 9.17) is 12.2 Å². The van der Waals surface area contributed by atoms with E-state index in [0.717, 1.165) is 10.0 Å². The van der Waals surface area contributed by atoms with Gasteiger partial charge in [0.2, 0.25) is 0 Å². The van der Waals surface area contributed by atoms with Crippen LogP contribution in [0.5, 0.6) is 0 Å². The van der Waals surface area contributed by atoms with Crippen molar-refractivity contribution in [3.63, 3.8) is 0 Å². The van der Waals surface area contributed by atoms with Crippen molar-refractivity contribution in [3.8, 4) is 0 Å². The molecule has 0 aromatic heterocycles. The molecule has 0 amide bonds. The van der Waals surface area contributed by atoms with Crippen LogP contribution in [0.25, 0.3) is 0 Å². The van der Waals surface area contributed by atoms with Gasteiger partial charge in [-0.25, -0.2) is 0 Å². The van der Waals surface area contributed by atoms with Crippen molar-refractivity contribution in [2.45, 2.75) is 4.90 Å². The minimum atomic E-state index is 0.849. The molecule has 2 aromatic rings. The van der Waals surface area contributed by atoms with Gasteiger partial charge < -0.3 is 4.90 Å². The van der Waals surface area contributed by atoms with Crippen LogP contribution in [-0.2, 0) is 0 Å². The average molecular weight is 259 g/mol. The number of para-hydroxylation sites is 1. The van der Waals surface area contributed by atoms with Crippen molar-refractivity contribution in [3.05, 3.63) is 60.7 Å². The van der Waals surface area contributed by atoms with Crippen LogP contribution in [0, 0.1) is 0 Å². The van der Waals surface area contributed by atoms with Crippen LogP contribution in [0.15, 0.2) is 65.6 Å². The van der Waals surface area contributed by atoms with E-state index in [1.165, 1.54) is 4.90 Å². The lowest BCUT2D eigenvalue weighted by atomic mass is 10.3. The third-order valence-electron chi connectivity index (χ3n) is 2.37. The smallest absolute Gasteiger partial charge is 0.145 e. The van der Waals surface area contributed by atoms with Gasteiger partial charge in [-0.3, -0.25) is 0 Å². The SMILES string of the molecule is CN(C(=S)Sc1ccccc1)c1ccccc1. The Morgan fingerprint density at radius 1 is 0.941 bits per heavy atom. The first kappa shape index (κ1) is 12.1. The number of hydrogen-bond acceptors (Lipinski definition) is 2. The van der Waals surface area contributed by atoms with Crippen LogP contribution in [0.3, 0.4) is 0 Å². The topological polar surface area (TPSA) is 3.24 Å². The molecule has 3 heteroatoms. The lowest BCUT2D eigenvalue weighted by molar-refractivity contribution is 1.31. The Hall–Kier alpha value is -1.32. The van der Waals surface area contributed by atoms with Gasteiger partial charge in [0.05, 0.1) is 0 Å². The molecule has 86 valence electrons. The van der Waals surface area contributed by atoms with Crippen LogP contribution in [-0.4, -0.2) is 11.4 Å². The first-order valence-corrected chi connectivity index (χ1v) is 6.55. The molecule has 0 bridgehead atoms. The second-order valence-corrected chi connectivity index (χ2v) is 5.28. The molecule has 0 saturated heterocycles. The van der Waals surface area contributed by atoms with Crippen LogP contribution < -0.4 is 4.90 Å². The second-order valence-electron chi connectivity index (χ2n) is 3.58. The van der Waals surface area contributed by atoms with Crippen molar-refractivity contribution in [2.75, 3.05) is 11.9 Å². The predicted molar refractivity (Wildman–Crippen MR) is 79.7 cm³/mol. The summed E-state index contributed by atoms with van der Waals surface area (Å²) < 4.78 is 0.849. The van der Waals surface area contributed by atoms with Crippen molar-refractivity contribution >= 4 is 34.0 Å². The number of hydrogen-bond donors (Lipinski definition) is 0. The molecule has 0 atom stereocenters. The highest BCUT2D eigenvalue weighted by Crippen LogP contribution is 2.23. The highest BCUT2D eigenvalue weighted by molar-refractivity contribution is 8.23. The molecule has 0 aliphatic carbocycles. The molecule has 2 rings (SSSR count). The molecule has 0 fully saturated rings. The Bertz CT molecular complexity index is 482. The monoisotopic (exact) mass is 259 g/mol. The molecule has 0 unspecified atom stereocenters. The van der Waals surface area contributed by atoms with E-state index in [9.17, 15) is 0 Å². The van der Waals surface area contributed by atoms with Crippen molar-refractivity contribution in [1.82, 2.24) is 0 Å². The predicted octanol–water partition coefficient (Wildman–Crippen LogP) is 4.20. The molecule has 0 radical (unpaired) electrons. The van der Waals surface area contributed by atoms with Gasteiger partial charge in [0, 0.05) is 17.6 Å². The molecule has 0 saturated carbocycles. The van der Waals surface area contributed by atoms with Gasteiger partial charge in [-0.1, -0.05) is 60.4 Å². The number of benzene rings is 2. The van der Waals surface area contributed by atoms with Gasteiger partial charge >= 0.3 is 0 Å². The summed E-state index contributed by atoms with van der Waals surface area (Å²) >= 11 is 7.03. The lowest BCUT2D eigenvalue weighted by Gasteiger charge is -2.19. The fourth-order valence-corrected chi connectivity index (χ4v) is 2.55. The molecule has 0 N–H and O–H groups in total. The summed E-state index contributed by atoms with van der Waals surface area (Å²) in [4.78, 5) is 3.19. The largest absolute Gasteiger partial charge is 0.330 e. The average Bonchev–Trinajstić information content (AvgIpc) is 2.40. The molecule has 17 heavy (non-hydrogen) atoms. The van der Waals surface area contributed by atoms with Gasteiger partial charge in [-0.15, -0.1) is 0 Å². The fraction of sp³-hybridized carbons (Fsp3) is 0.0714. The van der Waals surface area contributed by atoms with Gasteiger partial charge in [-0.2, -0.15) is 0 Å². The minimum absolute atomic E-state index is 0.849. The molecular weight excluding hydrogens is 246 g/mol. The maximum atomic E-state index is 5.43. The first-order valence-electron chi connectivity index (χ1n) is 5.33. The molecule has 0 aliphatic heterocycles. The van der Waals surface area contributed by atoms with Crippen molar-refractivity contribution in [1.29, 1.82) is 0 Å². The Kier molecular flexibility index (Phi) is 4.18. The normalized spacial score (nSPS) is 9.94. The number of thioether (sulfide) groups is 1. The zero-order chi connectivity index (χ0) is 12.1. The zero-order valence-corrected chi connectivity index (χ0v) is 11.2. The highest BCUT2D eigenvalue weighted by atomic mass is 32.2. The highest BCUT2D eigenvalue weighted by Gasteiger charge is 2.07. The van der Waals surface area contributed by atoms with E-state index in [0.29, 0.717) is 0 Å². The third-order valence-corrected chi connectivity index (χ3v) is 3.85. The van der Waals surface area contributed by atoms with Crippen LogP contribution in [0.4, 0.5) is 5.69 Å². The first-order chi connectivity index (χ1) is 8.27. The van der Waals surface area contributed by atoms with Gasteiger partial charge in [-0.05, 0) is 24.3 Å². The molecule has 0 spiro atoms. The van der Waals surface area contributed by atoms with E-state index >= 15 is 0 Å². The minimum Gasteiger partial charge on any atom is -0.330 e. The van der Waals surface area contributed by atoms with E-state index < -0.39 is 0 Å². The number of rotatable bonds is 2. The summed E-state index contributed by atoms with van der Waals surface area (Å²) in [5.74, 6) is 0. The van der Waals surface area contributed by atoms with Gasteiger partial charge in [0.15, 0.2) is 0 Å². The molecular formula is C14H13NS2. The quantitative estimate of drug-likeness (QED) is 0.588. The Balaban J connectivity index is 2.06. The summed E-state index contributed by atoms with van der Waals surface area (Å²) in [6, 6.07) is 20.3. The third kappa shape index (κ3) is 3.32. The maximum absolute atomic E-state index is 5.43. The van der Waals surface area contributed by atoms with Gasteiger partial charge in [0.1, 0.15) is 4.32 Å². The van der Waals surface area contributed by atoms with Crippen molar-refractivity contribution < 1.29 is 0 Å². The summed E-state index contributed by atoms with van der Waals surface area (Å²) in [6.45, 7) is 0. The lowest BCUT2D eigenvalue weighted by Crippen LogP contribution is -2.21. The summed E-state index contributed by atoms with van der Waals surface area (Å²) in [5, 5.41) is 0. The molecule has 2 aromatic carbocycles. The van der Waals surface area contributed by atoms with Crippen LogP contribution >= 0.6 is 24.0 Å². The standard InChI is InChI=1S/C14H13NS2/c1-15(12-8-4-2-5-9-12)14(16)17-13-10-6-3-7-11-13/h2-11H,1H3. The number of thiocarbonyl (C=S) groups is 1. The Morgan fingerprint density at radius 3 is 2.06 bits per heavy atom. The fourth-order valence-electron chi connectivity index (χ4n) is 1.41. The van der Waals surface area contributed by atoms with E-state index in [2.05, 4.69) is 24.3 Å². The second kappa shape index (κ2) is 5.84. The summed E-state index contributed by atoms with van der Waals surface area (Å²) in [5.41, 5.74) is 1.11. The summed E-state index contributed by atoms with van der Waals surface area (Å²) in [6.07, 6.45) is 0. The van der Waals surface area contributed by atoms with Crippen LogP contribution in [0.1, 0.15) is 0 Å². The molecule has 1 nitrogen and oxygen atoms in total. The van der Waals surface area contributed by atoms with E-state index in [1.807, 2.05) is 48.3 Å². The van der Waals surface area contributed by atoms with E-state index in [1.54, 1.807) is 11.8 Å². The maximum Gasteiger partial charge on any atom is 0.145 e. The number of anilines is 1. The number of nitrogens with zero attached hydrogens (tertiary/aromatic N) is 1. The zero-order valence-electron chi connectivity index (χ0n) is 9.54. The Labute approximate surface area is 111 Å². The van der Waals surface area contributed by atoms with Crippen LogP contribution in [0.2, 0.25) is 0 Å². The summed E-state index contributed by atoms with van der Waals surface area (Å²) in [7, 11) is 1.99. The van der Waals surface area contributed by atoms with Crippen molar-refractivity contribution in [2.24, 2.45) is 0 Å². The Morgan fingerprint density at radius 2 is 1.47 bits per heavy atom.